The first kappa shape index (κ1) is 17.3. The quantitative estimate of drug-likeness (QED) is 0.364. The number of nitrogens with zero attached hydrogens (tertiary/aromatic N) is 1. The lowest BCUT2D eigenvalue weighted by Crippen LogP contribution is -2.07. The number of aromatic nitrogens is 1. The van der Waals surface area contributed by atoms with E-state index in [4.69, 9.17) is 21.1 Å². The Morgan fingerprint density at radius 3 is 2.81 bits per heavy atom. The molecule has 0 radical (unpaired) electrons. The Bertz CT molecular complexity index is 493. The van der Waals surface area contributed by atoms with Gasteiger partial charge in [-0.15, -0.1) is 0 Å². The summed E-state index contributed by atoms with van der Waals surface area (Å²) in [5, 5.41) is 0.456. The molecule has 1 heterocycles. The highest BCUT2D eigenvalue weighted by Crippen LogP contribution is 2.47. The lowest BCUT2D eigenvalue weighted by Gasteiger charge is -2.19. The Balaban J connectivity index is 2.11. The second-order valence-electron chi connectivity index (χ2n) is 6.46. The van der Waals surface area contributed by atoms with E-state index in [1.807, 2.05) is 0 Å². The predicted octanol–water partition coefficient (Wildman–Crippen LogP) is 5.05. The maximum absolute atomic E-state index is 6.20. The number of rotatable bonds is 6. The molecule has 1 aromatic rings. The summed E-state index contributed by atoms with van der Waals surface area (Å²) in [4.78, 5) is 4.46. The molecule has 1 aromatic heterocycles. The lowest BCUT2D eigenvalue weighted by molar-refractivity contribution is 0.172. The summed E-state index contributed by atoms with van der Waals surface area (Å²) in [5.74, 6) is 1.27. The average molecular weight is 424 g/mol. The van der Waals surface area contributed by atoms with E-state index in [9.17, 15) is 0 Å². The van der Waals surface area contributed by atoms with Gasteiger partial charge in [-0.25, -0.2) is 4.98 Å². The molecule has 0 amide bonds. The fourth-order valence-corrected chi connectivity index (χ4v) is 4.11. The van der Waals surface area contributed by atoms with Crippen molar-refractivity contribution in [3.05, 3.63) is 20.5 Å². The molecule has 0 aliphatic heterocycles. The van der Waals surface area contributed by atoms with E-state index in [-0.39, 0.29) is 0 Å². The number of hydrogen-bond donors (Lipinski definition) is 0. The molecule has 21 heavy (non-hydrogen) atoms. The van der Waals surface area contributed by atoms with Gasteiger partial charge in [0.1, 0.15) is 3.70 Å². The zero-order valence-electron chi connectivity index (χ0n) is 12.9. The van der Waals surface area contributed by atoms with Gasteiger partial charge < -0.3 is 9.47 Å². The molecule has 118 valence electrons. The number of halogens is 2. The number of pyridine rings is 1. The van der Waals surface area contributed by atoms with Crippen molar-refractivity contribution in [1.29, 1.82) is 0 Å². The molecule has 0 spiro atoms. The second kappa shape index (κ2) is 7.47. The van der Waals surface area contributed by atoms with Crippen LogP contribution >= 0.6 is 34.2 Å². The topological polar surface area (TPSA) is 31.4 Å². The Labute approximate surface area is 145 Å². The molecular formula is C16H23ClINO2. The van der Waals surface area contributed by atoms with Crippen molar-refractivity contribution < 1.29 is 9.47 Å². The number of hydrogen-bond acceptors (Lipinski definition) is 3. The zero-order chi connectivity index (χ0) is 15.5. The van der Waals surface area contributed by atoms with Crippen LogP contribution in [0.25, 0.3) is 0 Å². The lowest BCUT2D eigenvalue weighted by atomic mass is 9.89. The predicted molar refractivity (Wildman–Crippen MR) is 94.3 cm³/mol. The van der Waals surface area contributed by atoms with Crippen LogP contribution in [-0.2, 0) is 4.74 Å². The molecule has 5 heteroatoms. The van der Waals surface area contributed by atoms with Crippen LogP contribution in [0.1, 0.15) is 51.0 Å². The van der Waals surface area contributed by atoms with Crippen molar-refractivity contribution in [2.75, 3.05) is 20.3 Å². The average Bonchev–Trinajstić information content (AvgIpc) is 2.77. The molecule has 0 saturated heterocycles. The molecule has 3 nitrogen and oxygen atoms in total. The van der Waals surface area contributed by atoms with Crippen LogP contribution in [0.4, 0.5) is 0 Å². The summed E-state index contributed by atoms with van der Waals surface area (Å²) in [6, 6.07) is 2.09. The zero-order valence-corrected chi connectivity index (χ0v) is 15.8. The summed E-state index contributed by atoms with van der Waals surface area (Å²) in [6.07, 6.45) is 4.54. The molecule has 2 rings (SSSR count). The maximum atomic E-state index is 6.20. The summed E-state index contributed by atoms with van der Waals surface area (Å²) in [6.45, 7) is 5.97. The summed E-state index contributed by atoms with van der Waals surface area (Å²) >= 11 is 8.49. The van der Waals surface area contributed by atoms with Crippen LogP contribution in [0.5, 0.6) is 5.75 Å². The van der Waals surface area contributed by atoms with E-state index >= 15 is 0 Å². The molecule has 0 aromatic carbocycles. The van der Waals surface area contributed by atoms with Crippen LogP contribution in [0.2, 0.25) is 5.15 Å². The van der Waals surface area contributed by atoms with Gasteiger partial charge in [-0.2, -0.15) is 0 Å². The van der Waals surface area contributed by atoms with E-state index in [0.717, 1.165) is 10.1 Å². The minimum Gasteiger partial charge on any atom is -0.490 e. The minimum absolute atomic E-state index is 0.423. The van der Waals surface area contributed by atoms with Crippen molar-refractivity contribution in [1.82, 2.24) is 4.98 Å². The van der Waals surface area contributed by atoms with E-state index < -0.39 is 0 Å². The number of methoxy groups -OCH3 is 1. The first-order valence-electron chi connectivity index (χ1n) is 7.40. The van der Waals surface area contributed by atoms with Gasteiger partial charge in [0.15, 0.2) is 10.9 Å². The molecule has 0 N–H and O–H groups in total. The highest BCUT2D eigenvalue weighted by molar-refractivity contribution is 14.1. The van der Waals surface area contributed by atoms with Gasteiger partial charge in [-0.05, 0) is 64.8 Å². The third kappa shape index (κ3) is 4.70. The smallest absolute Gasteiger partial charge is 0.172 e. The van der Waals surface area contributed by atoms with Crippen molar-refractivity contribution in [3.8, 4) is 5.75 Å². The first-order valence-corrected chi connectivity index (χ1v) is 8.86. The van der Waals surface area contributed by atoms with E-state index in [2.05, 4.69) is 47.5 Å². The number of ether oxygens (including phenoxy) is 2. The Morgan fingerprint density at radius 1 is 1.43 bits per heavy atom. The first-order chi connectivity index (χ1) is 9.93. The molecule has 0 bridgehead atoms. The fourth-order valence-electron chi connectivity index (χ4n) is 2.94. The van der Waals surface area contributed by atoms with Crippen molar-refractivity contribution in [2.45, 2.75) is 45.4 Å². The second-order valence-corrected chi connectivity index (χ2v) is 7.84. The normalized spacial score (nSPS) is 20.7. The van der Waals surface area contributed by atoms with Gasteiger partial charge in [0.2, 0.25) is 0 Å². The highest BCUT2D eigenvalue weighted by Gasteiger charge is 2.33. The van der Waals surface area contributed by atoms with Gasteiger partial charge in [0.05, 0.1) is 6.61 Å². The Kier molecular flexibility index (Phi) is 6.15. The molecule has 1 saturated carbocycles. The van der Waals surface area contributed by atoms with E-state index in [0.29, 0.717) is 35.4 Å². The van der Waals surface area contributed by atoms with Crippen LogP contribution in [-0.4, -0.2) is 25.3 Å². The third-order valence-corrected chi connectivity index (χ3v) is 5.22. The molecule has 1 fully saturated rings. The summed E-state index contributed by atoms with van der Waals surface area (Å²) < 4.78 is 11.8. The van der Waals surface area contributed by atoms with Gasteiger partial charge in [-0.3, -0.25) is 0 Å². The van der Waals surface area contributed by atoms with Crippen LogP contribution < -0.4 is 4.74 Å². The molecule has 1 unspecified atom stereocenters. The largest absolute Gasteiger partial charge is 0.490 e. The molecule has 1 aliphatic rings. The van der Waals surface area contributed by atoms with Crippen molar-refractivity contribution in [3.63, 3.8) is 0 Å². The summed E-state index contributed by atoms with van der Waals surface area (Å²) in [7, 11) is 1.69. The van der Waals surface area contributed by atoms with E-state index in [1.54, 1.807) is 7.11 Å². The van der Waals surface area contributed by atoms with Gasteiger partial charge >= 0.3 is 0 Å². The Hall–Kier alpha value is -0.0700. The molecular weight excluding hydrogens is 401 g/mol. The van der Waals surface area contributed by atoms with Crippen LogP contribution in [0.15, 0.2) is 6.07 Å². The SMILES string of the molecule is COCCCOc1cc(C2CCC(C)(C)C2)c(I)nc1Cl. The maximum Gasteiger partial charge on any atom is 0.172 e. The van der Waals surface area contributed by atoms with Crippen molar-refractivity contribution in [2.24, 2.45) is 5.41 Å². The van der Waals surface area contributed by atoms with Crippen LogP contribution in [0.3, 0.4) is 0 Å². The fraction of sp³-hybridized carbons (Fsp3) is 0.688. The Morgan fingerprint density at radius 2 is 2.19 bits per heavy atom. The van der Waals surface area contributed by atoms with Gasteiger partial charge in [-0.1, -0.05) is 25.4 Å². The third-order valence-electron chi connectivity index (χ3n) is 4.08. The van der Waals surface area contributed by atoms with Crippen molar-refractivity contribution >= 4 is 34.2 Å². The van der Waals surface area contributed by atoms with E-state index in [1.165, 1.54) is 24.8 Å². The minimum atomic E-state index is 0.423. The molecule has 1 atom stereocenters. The van der Waals surface area contributed by atoms with Crippen LogP contribution in [0, 0.1) is 9.12 Å². The monoisotopic (exact) mass is 423 g/mol. The standard InChI is InChI=1S/C16H23ClINO2/c1-16(2)6-5-11(10-16)12-9-13(14(17)19-15(12)18)21-8-4-7-20-3/h9,11H,4-8,10H2,1-3H3. The van der Waals surface area contributed by atoms with Gasteiger partial charge in [0, 0.05) is 20.1 Å². The van der Waals surface area contributed by atoms with Gasteiger partial charge in [0.25, 0.3) is 0 Å². The summed E-state index contributed by atoms with van der Waals surface area (Å²) in [5.41, 5.74) is 1.71. The highest BCUT2D eigenvalue weighted by atomic mass is 127. The molecule has 1 aliphatic carbocycles.